The first kappa shape index (κ1) is 11.0. The van der Waals surface area contributed by atoms with Gasteiger partial charge in [0.2, 0.25) is 0 Å². The fourth-order valence-electron chi connectivity index (χ4n) is 0.495. The van der Waals surface area contributed by atoms with Crippen LogP contribution in [0.4, 0.5) is 0 Å². The SMILES string of the molecule is [CH2]/C(=C\C)C(=O)OCC=C(C)C. The van der Waals surface area contributed by atoms with Crippen LogP contribution in [0.2, 0.25) is 0 Å². The van der Waals surface area contributed by atoms with Crippen LogP contribution >= 0.6 is 0 Å². The molecule has 1 radical (unpaired) electrons. The Morgan fingerprint density at radius 3 is 2.50 bits per heavy atom. The number of carbonyl (C=O) groups is 1. The predicted molar refractivity (Wildman–Crippen MR) is 49.5 cm³/mol. The summed E-state index contributed by atoms with van der Waals surface area (Å²) in [4.78, 5) is 11.0. The van der Waals surface area contributed by atoms with E-state index in [0.29, 0.717) is 12.2 Å². The largest absolute Gasteiger partial charge is 0.458 e. The van der Waals surface area contributed by atoms with Crippen molar-refractivity contribution in [1.29, 1.82) is 0 Å². The van der Waals surface area contributed by atoms with Gasteiger partial charge >= 0.3 is 5.97 Å². The highest BCUT2D eigenvalue weighted by Crippen LogP contribution is 1.96. The fourth-order valence-corrected chi connectivity index (χ4v) is 0.495. The van der Waals surface area contributed by atoms with E-state index in [1.165, 1.54) is 0 Å². The number of esters is 1. The minimum atomic E-state index is -0.352. The second-order valence-corrected chi connectivity index (χ2v) is 2.69. The standard InChI is InChI=1S/C10H15O2/c1-5-9(4)10(11)12-7-6-8(2)3/h5-6H,4,7H2,1-3H3/b9-5+. The Balaban J connectivity index is 3.81. The van der Waals surface area contributed by atoms with Crippen LogP contribution in [0.3, 0.4) is 0 Å². The van der Waals surface area contributed by atoms with Gasteiger partial charge in [-0.05, 0) is 33.8 Å². The Bertz CT molecular complexity index is 208. The van der Waals surface area contributed by atoms with Gasteiger partial charge in [0.05, 0.1) is 0 Å². The Hall–Kier alpha value is -1.05. The maximum absolute atomic E-state index is 11.0. The molecule has 0 fully saturated rings. The summed E-state index contributed by atoms with van der Waals surface area (Å²) in [6.07, 6.45) is 3.48. The number of ether oxygens (including phenoxy) is 1. The summed E-state index contributed by atoms with van der Waals surface area (Å²) in [6, 6.07) is 0. The highest BCUT2D eigenvalue weighted by atomic mass is 16.5. The van der Waals surface area contributed by atoms with Crippen molar-refractivity contribution in [2.75, 3.05) is 6.61 Å². The summed E-state index contributed by atoms with van der Waals surface area (Å²) in [5.74, 6) is -0.352. The zero-order valence-corrected chi connectivity index (χ0v) is 7.89. The first-order valence-corrected chi connectivity index (χ1v) is 3.86. The summed E-state index contributed by atoms with van der Waals surface area (Å²) in [7, 11) is 0. The van der Waals surface area contributed by atoms with Gasteiger partial charge in [0.25, 0.3) is 0 Å². The molecule has 0 rings (SSSR count). The topological polar surface area (TPSA) is 26.3 Å². The second-order valence-electron chi connectivity index (χ2n) is 2.69. The van der Waals surface area contributed by atoms with Gasteiger partial charge in [0.1, 0.15) is 6.61 Å². The predicted octanol–water partition coefficient (Wildman–Crippen LogP) is 2.28. The third-order valence-electron chi connectivity index (χ3n) is 1.32. The number of allylic oxidation sites excluding steroid dienone is 2. The molecule has 0 amide bonds. The Kier molecular flexibility index (Phi) is 5.09. The lowest BCUT2D eigenvalue weighted by atomic mass is 10.3. The molecule has 12 heavy (non-hydrogen) atoms. The van der Waals surface area contributed by atoms with E-state index in [4.69, 9.17) is 4.74 Å². The Morgan fingerprint density at radius 2 is 2.08 bits per heavy atom. The first-order chi connectivity index (χ1) is 5.57. The fraction of sp³-hybridized carbons (Fsp3) is 0.400. The molecule has 0 aliphatic rings. The molecule has 0 heterocycles. The van der Waals surface area contributed by atoms with Crippen molar-refractivity contribution in [2.24, 2.45) is 0 Å². The Labute approximate surface area is 73.9 Å². The van der Waals surface area contributed by atoms with Gasteiger partial charge in [-0.1, -0.05) is 11.6 Å². The van der Waals surface area contributed by atoms with Crippen LogP contribution in [-0.4, -0.2) is 12.6 Å². The molecular formula is C10H15O2. The van der Waals surface area contributed by atoms with E-state index >= 15 is 0 Å². The average Bonchev–Trinajstić information content (AvgIpc) is 2.02. The van der Waals surface area contributed by atoms with Crippen LogP contribution in [0.5, 0.6) is 0 Å². The summed E-state index contributed by atoms with van der Waals surface area (Å²) in [5.41, 5.74) is 1.53. The van der Waals surface area contributed by atoms with Crippen LogP contribution in [0, 0.1) is 6.92 Å². The van der Waals surface area contributed by atoms with Crippen molar-refractivity contribution in [1.82, 2.24) is 0 Å². The van der Waals surface area contributed by atoms with Crippen LogP contribution in [-0.2, 0) is 9.53 Å². The smallest absolute Gasteiger partial charge is 0.333 e. The highest BCUT2D eigenvalue weighted by Gasteiger charge is 2.01. The molecule has 0 aromatic rings. The van der Waals surface area contributed by atoms with E-state index < -0.39 is 0 Å². The van der Waals surface area contributed by atoms with Gasteiger partial charge in [-0.15, -0.1) is 0 Å². The van der Waals surface area contributed by atoms with Crippen molar-refractivity contribution in [3.63, 3.8) is 0 Å². The molecule has 0 aliphatic heterocycles. The lowest BCUT2D eigenvalue weighted by Gasteiger charge is -2.00. The molecule has 0 saturated heterocycles. The van der Waals surface area contributed by atoms with E-state index in [-0.39, 0.29) is 5.97 Å². The molecule has 0 unspecified atom stereocenters. The average molecular weight is 167 g/mol. The minimum Gasteiger partial charge on any atom is -0.458 e. The van der Waals surface area contributed by atoms with Gasteiger partial charge in [-0.3, -0.25) is 0 Å². The van der Waals surface area contributed by atoms with Crippen LogP contribution in [0.1, 0.15) is 20.8 Å². The normalized spacial score (nSPS) is 10.8. The maximum atomic E-state index is 11.0. The lowest BCUT2D eigenvalue weighted by Crippen LogP contribution is -2.05. The maximum Gasteiger partial charge on any atom is 0.333 e. The Morgan fingerprint density at radius 1 is 1.50 bits per heavy atom. The molecule has 0 aromatic heterocycles. The lowest BCUT2D eigenvalue weighted by molar-refractivity contribution is -0.137. The molecule has 0 N–H and O–H groups in total. The number of rotatable bonds is 3. The molecular weight excluding hydrogens is 152 g/mol. The van der Waals surface area contributed by atoms with E-state index in [1.807, 2.05) is 19.9 Å². The van der Waals surface area contributed by atoms with Crippen LogP contribution < -0.4 is 0 Å². The van der Waals surface area contributed by atoms with Crippen LogP contribution in [0.15, 0.2) is 23.3 Å². The molecule has 0 aliphatic carbocycles. The molecule has 0 saturated carbocycles. The van der Waals surface area contributed by atoms with Gasteiger partial charge < -0.3 is 4.74 Å². The van der Waals surface area contributed by atoms with E-state index in [1.54, 1.807) is 13.0 Å². The summed E-state index contributed by atoms with van der Waals surface area (Å²) in [5, 5.41) is 0. The van der Waals surface area contributed by atoms with E-state index in [0.717, 1.165) is 5.57 Å². The summed E-state index contributed by atoms with van der Waals surface area (Å²) < 4.78 is 4.86. The molecule has 2 nitrogen and oxygen atoms in total. The van der Waals surface area contributed by atoms with Crippen molar-refractivity contribution in [3.8, 4) is 0 Å². The third kappa shape index (κ3) is 4.72. The monoisotopic (exact) mass is 167 g/mol. The third-order valence-corrected chi connectivity index (χ3v) is 1.32. The molecule has 0 bridgehead atoms. The van der Waals surface area contributed by atoms with Gasteiger partial charge in [-0.25, -0.2) is 4.79 Å². The summed E-state index contributed by atoms with van der Waals surface area (Å²) >= 11 is 0. The second kappa shape index (κ2) is 5.58. The zero-order chi connectivity index (χ0) is 9.56. The molecule has 2 heteroatoms. The van der Waals surface area contributed by atoms with Crippen LogP contribution in [0.25, 0.3) is 0 Å². The van der Waals surface area contributed by atoms with Crippen molar-refractivity contribution in [2.45, 2.75) is 20.8 Å². The molecule has 0 spiro atoms. The van der Waals surface area contributed by atoms with Gasteiger partial charge in [0, 0.05) is 5.57 Å². The van der Waals surface area contributed by atoms with Crippen molar-refractivity contribution < 1.29 is 9.53 Å². The number of hydrogen-bond acceptors (Lipinski definition) is 2. The molecule has 0 atom stereocenters. The quantitative estimate of drug-likeness (QED) is 0.366. The molecule has 67 valence electrons. The van der Waals surface area contributed by atoms with E-state index in [2.05, 4.69) is 6.92 Å². The zero-order valence-electron chi connectivity index (χ0n) is 7.89. The highest BCUT2D eigenvalue weighted by molar-refractivity contribution is 5.89. The van der Waals surface area contributed by atoms with Gasteiger partial charge in [0.15, 0.2) is 0 Å². The van der Waals surface area contributed by atoms with Crippen molar-refractivity contribution >= 4 is 5.97 Å². The summed E-state index contributed by atoms with van der Waals surface area (Å²) in [6.45, 7) is 9.51. The first-order valence-electron chi connectivity index (χ1n) is 3.86. The van der Waals surface area contributed by atoms with E-state index in [9.17, 15) is 4.79 Å². The van der Waals surface area contributed by atoms with Crippen molar-refractivity contribution in [3.05, 3.63) is 30.2 Å². The number of carbonyl (C=O) groups excluding carboxylic acids is 1. The number of hydrogen-bond donors (Lipinski definition) is 0. The minimum absolute atomic E-state index is 0.327. The molecule has 0 aromatic carbocycles. The van der Waals surface area contributed by atoms with Gasteiger partial charge in [-0.2, -0.15) is 0 Å².